The second-order valence-corrected chi connectivity index (χ2v) is 7.19. The molecule has 2 amide bonds. The number of aromatic nitrogens is 1. The molecule has 0 saturated carbocycles. The molecule has 0 unspecified atom stereocenters. The smallest absolute Gasteiger partial charge is 0.270 e. The third kappa shape index (κ3) is 3.05. The van der Waals surface area contributed by atoms with E-state index in [2.05, 4.69) is 10.3 Å². The summed E-state index contributed by atoms with van der Waals surface area (Å²) in [6.45, 7) is 3.68. The van der Waals surface area contributed by atoms with E-state index >= 15 is 0 Å². The van der Waals surface area contributed by atoms with Crippen molar-refractivity contribution in [2.24, 2.45) is 5.92 Å². The van der Waals surface area contributed by atoms with E-state index in [1.54, 1.807) is 17.0 Å². The Morgan fingerprint density at radius 1 is 1.15 bits per heavy atom. The number of hydrogen-bond acceptors (Lipinski definition) is 3. The first-order valence-electron chi connectivity index (χ1n) is 8.80. The Bertz CT molecular complexity index is 854. The van der Waals surface area contributed by atoms with E-state index in [1.165, 1.54) is 6.07 Å². The summed E-state index contributed by atoms with van der Waals surface area (Å²) in [7, 11) is 0. The molecule has 1 aromatic carbocycles. The van der Waals surface area contributed by atoms with Gasteiger partial charge in [0.25, 0.3) is 5.91 Å². The lowest BCUT2D eigenvalue weighted by molar-refractivity contribution is -0.136. The number of carbonyl (C=O) groups is 2. The predicted molar refractivity (Wildman–Crippen MR) is 96.7 cm³/mol. The minimum atomic E-state index is -0.509. The van der Waals surface area contributed by atoms with E-state index in [0.29, 0.717) is 42.8 Å². The Morgan fingerprint density at radius 2 is 1.88 bits per heavy atom. The van der Waals surface area contributed by atoms with Crippen molar-refractivity contribution in [1.82, 2.24) is 20.1 Å². The van der Waals surface area contributed by atoms with E-state index in [4.69, 9.17) is 11.6 Å². The maximum absolute atomic E-state index is 13.6. The number of benzene rings is 1. The van der Waals surface area contributed by atoms with Gasteiger partial charge in [-0.05, 0) is 31.2 Å². The zero-order chi connectivity index (χ0) is 18.3. The molecule has 26 heavy (non-hydrogen) atoms. The monoisotopic (exact) mass is 378 g/mol. The predicted octanol–water partition coefficient (Wildman–Crippen LogP) is 1.85. The molecule has 2 saturated heterocycles. The number of nitrogens with one attached hydrogen (secondary N) is 2. The molecule has 0 radical (unpaired) electrons. The summed E-state index contributed by atoms with van der Waals surface area (Å²) in [5.41, 5.74) is 1.01. The largest absolute Gasteiger partial charge is 0.350 e. The van der Waals surface area contributed by atoms with Crippen LogP contribution in [0.4, 0.5) is 4.39 Å². The van der Waals surface area contributed by atoms with Crippen molar-refractivity contribution in [2.45, 2.75) is 6.42 Å². The van der Waals surface area contributed by atoms with Crippen LogP contribution in [0.2, 0.25) is 5.02 Å². The van der Waals surface area contributed by atoms with Crippen LogP contribution in [0.3, 0.4) is 0 Å². The highest BCUT2D eigenvalue weighted by Crippen LogP contribution is 2.27. The number of H-pyrrole nitrogens is 1. The lowest BCUT2D eigenvalue weighted by Gasteiger charge is -2.35. The number of amides is 2. The highest BCUT2D eigenvalue weighted by molar-refractivity contribution is 6.35. The fraction of sp³-hybridized carbons (Fsp3) is 0.444. The Morgan fingerprint density at radius 3 is 2.58 bits per heavy atom. The van der Waals surface area contributed by atoms with Crippen molar-refractivity contribution in [1.29, 1.82) is 0 Å². The molecule has 8 heteroatoms. The van der Waals surface area contributed by atoms with Crippen LogP contribution >= 0.6 is 11.6 Å². The average molecular weight is 379 g/mol. The quantitative estimate of drug-likeness (QED) is 0.838. The van der Waals surface area contributed by atoms with Gasteiger partial charge >= 0.3 is 0 Å². The van der Waals surface area contributed by atoms with Gasteiger partial charge in [0.1, 0.15) is 11.5 Å². The number of piperazine rings is 1. The molecular formula is C18H20ClFN4O2. The van der Waals surface area contributed by atoms with Gasteiger partial charge in [-0.2, -0.15) is 0 Å². The number of carbonyl (C=O) groups excluding carboxylic acids is 2. The molecule has 2 aliphatic heterocycles. The van der Waals surface area contributed by atoms with Gasteiger partial charge in [0.2, 0.25) is 5.91 Å². The van der Waals surface area contributed by atoms with Crippen LogP contribution in [-0.4, -0.2) is 65.9 Å². The first-order valence-corrected chi connectivity index (χ1v) is 9.18. The topological polar surface area (TPSA) is 68.4 Å². The molecule has 6 nitrogen and oxygen atoms in total. The van der Waals surface area contributed by atoms with Gasteiger partial charge < -0.3 is 20.1 Å². The van der Waals surface area contributed by atoms with Crippen molar-refractivity contribution >= 4 is 34.3 Å². The second-order valence-electron chi connectivity index (χ2n) is 6.81. The molecule has 2 aliphatic rings. The Balaban J connectivity index is 1.43. The van der Waals surface area contributed by atoms with Crippen molar-refractivity contribution in [3.05, 3.63) is 34.7 Å². The third-order valence-electron chi connectivity index (χ3n) is 5.21. The number of fused-ring (bicyclic) bond motifs is 1. The summed E-state index contributed by atoms with van der Waals surface area (Å²) in [6, 6.07) is 4.43. The van der Waals surface area contributed by atoms with E-state index in [-0.39, 0.29) is 22.8 Å². The fourth-order valence-electron chi connectivity index (χ4n) is 3.68. The summed E-state index contributed by atoms with van der Waals surface area (Å²) in [5.74, 6) is -0.434. The van der Waals surface area contributed by atoms with Crippen molar-refractivity contribution < 1.29 is 14.0 Å². The maximum atomic E-state index is 13.6. The van der Waals surface area contributed by atoms with Crippen LogP contribution in [0.1, 0.15) is 16.9 Å². The molecular weight excluding hydrogens is 359 g/mol. The van der Waals surface area contributed by atoms with Crippen LogP contribution < -0.4 is 5.32 Å². The highest BCUT2D eigenvalue weighted by atomic mass is 35.5. The van der Waals surface area contributed by atoms with Gasteiger partial charge in [-0.1, -0.05) is 11.6 Å². The molecule has 0 bridgehead atoms. The van der Waals surface area contributed by atoms with Gasteiger partial charge in [-0.3, -0.25) is 9.59 Å². The SMILES string of the molecule is O=C(c1cc2c(Cl)c(F)ccc2[nH]1)N1CCN(C(=O)[C@H]2CCNC2)CC1. The van der Waals surface area contributed by atoms with Crippen LogP contribution in [0, 0.1) is 11.7 Å². The molecule has 138 valence electrons. The van der Waals surface area contributed by atoms with Crippen molar-refractivity contribution in [3.8, 4) is 0 Å². The summed E-state index contributed by atoms with van der Waals surface area (Å²) < 4.78 is 13.6. The van der Waals surface area contributed by atoms with Crippen molar-refractivity contribution in [3.63, 3.8) is 0 Å². The van der Waals surface area contributed by atoms with E-state index < -0.39 is 5.82 Å². The zero-order valence-corrected chi connectivity index (χ0v) is 15.0. The molecule has 3 heterocycles. The highest BCUT2D eigenvalue weighted by Gasteiger charge is 2.31. The molecule has 0 spiro atoms. The van der Waals surface area contributed by atoms with Gasteiger partial charge in [0, 0.05) is 43.6 Å². The Labute approximate surface area is 155 Å². The number of hydrogen-bond donors (Lipinski definition) is 2. The number of aromatic amines is 1. The Hall–Kier alpha value is -2.12. The molecule has 2 N–H and O–H groups in total. The van der Waals surface area contributed by atoms with Crippen LogP contribution in [-0.2, 0) is 4.79 Å². The molecule has 1 aromatic heterocycles. The number of nitrogens with zero attached hydrogens (tertiary/aromatic N) is 2. The first-order chi connectivity index (χ1) is 12.5. The van der Waals surface area contributed by atoms with E-state index in [0.717, 1.165) is 19.5 Å². The average Bonchev–Trinajstić information content (AvgIpc) is 3.34. The van der Waals surface area contributed by atoms with Crippen LogP contribution in [0.15, 0.2) is 18.2 Å². The second kappa shape index (κ2) is 6.89. The molecule has 2 fully saturated rings. The molecule has 2 aromatic rings. The number of halogens is 2. The minimum absolute atomic E-state index is 0.0124. The van der Waals surface area contributed by atoms with Crippen LogP contribution in [0.5, 0.6) is 0 Å². The molecule has 0 aliphatic carbocycles. The summed E-state index contributed by atoms with van der Waals surface area (Å²) in [6.07, 6.45) is 0.879. The number of rotatable bonds is 2. The first kappa shape index (κ1) is 17.3. The maximum Gasteiger partial charge on any atom is 0.270 e. The molecule has 1 atom stereocenters. The normalized spacial score (nSPS) is 20.8. The summed E-state index contributed by atoms with van der Waals surface area (Å²) in [4.78, 5) is 31.8. The standard InChI is InChI=1S/C18H20ClFN4O2/c19-16-12-9-15(22-14(12)2-1-13(16)20)18(26)24-7-5-23(6-8-24)17(25)11-3-4-21-10-11/h1-2,9,11,21-22H,3-8,10H2/t11-/m0/s1. The molecule has 4 rings (SSSR count). The van der Waals surface area contributed by atoms with Gasteiger partial charge in [-0.15, -0.1) is 0 Å². The lowest BCUT2D eigenvalue weighted by Crippen LogP contribution is -2.52. The zero-order valence-electron chi connectivity index (χ0n) is 14.2. The van der Waals surface area contributed by atoms with Crippen LogP contribution in [0.25, 0.3) is 10.9 Å². The lowest BCUT2D eigenvalue weighted by atomic mass is 10.1. The third-order valence-corrected chi connectivity index (χ3v) is 5.59. The van der Waals surface area contributed by atoms with Crippen molar-refractivity contribution in [2.75, 3.05) is 39.3 Å². The summed E-state index contributed by atoms with van der Waals surface area (Å²) in [5, 5.41) is 3.72. The Kier molecular flexibility index (Phi) is 4.58. The van der Waals surface area contributed by atoms with E-state index in [9.17, 15) is 14.0 Å². The van der Waals surface area contributed by atoms with Gasteiger partial charge in [0.05, 0.1) is 10.9 Å². The van der Waals surface area contributed by atoms with E-state index in [1.807, 2.05) is 4.90 Å². The van der Waals surface area contributed by atoms with Gasteiger partial charge in [-0.25, -0.2) is 4.39 Å². The summed E-state index contributed by atoms with van der Waals surface area (Å²) >= 11 is 5.98. The van der Waals surface area contributed by atoms with Gasteiger partial charge in [0.15, 0.2) is 0 Å². The minimum Gasteiger partial charge on any atom is -0.350 e. The fourth-order valence-corrected chi connectivity index (χ4v) is 3.90.